The van der Waals surface area contributed by atoms with Gasteiger partial charge in [0.05, 0.1) is 12.5 Å². The SMILES string of the molecule is Oc1cccc(-c2cnc3[nH]cc(-c4ccoc4)c3c2)c1. The summed E-state index contributed by atoms with van der Waals surface area (Å²) in [6, 6.07) is 11.1. The molecule has 21 heavy (non-hydrogen) atoms. The molecule has 102 valence electrons. The number of phenols is 1. The van der Waals surface area contributed by atoms with Crippen LogP contribution in [0.5, 0.6) is 5.75 Å². The first-order valence-electron chi connectivity index (χ1n) is 6.60. The van der Waals surface area contributed by atoms with Crippen LogP contribution in [0.2, 0.25) is 0 Å². The molecule has 4 heteroatoms. The lowest BCUT2D eigenvalue weighted by atomic mass is 10.0. The highest BCUT2D eigenvalue weighted by atomic mass is 16.3. The number of fused-ring (bicyclic) bond motifs is 1. The van der Waals surface area contributed by atoms with Crippen LogP contribution in [-0.2, 0) is 0 Å². The molecule has 0 bridgehead atoms. The molecule has 0 aliphatic rings. The van der Waals surface area contributed by atoms with Crippen molar-refractivity contribution in [1.29, 1.82) is 0 Å². The minimum atomic E-state index is 0.247. The van der Waals surface area contributed by atoms with E-state index in [-0.39, 0.29) is 5.75 Å². The zero-order valence-electron chi connectivity index (χ0n) is 11.1. The lowest BCUT2D eigenvalue weighted by Gasteiger charge is -2.03. The van der Waals surface area contributed by atoms with Gasteiger partial charge in [-0.3, -0.25) is 0 Å². The number of aromatic hydroxyl groups is 1. The molecule has 3 heterocycles. The fraction of sp³-hybridized carbons (Fsp3) is 0. The summed E-state index contributed by atoms with van der Waals surface area (Å²) in [6.07, 6.45) is 7.09. The highest BCUT2D eigenvalue weighted by Crippen LogP contribution is 2.31. The third-order valence-corrected chi connectivity index (χ3v) is 3.54. The zero-order chi connectivity index (χ0) is 14.2. The number of aromatic nitrogens is 2. The smallest absolute Gasteiger partial charge is 0.137 e. The molecule has 0 fully saturated rings. The average molecular weight is 276 g/mol. The quantitative estimate of drug-likeness (QED) is 0.577. The summed E-state index contributed by atoms with van der Waals surface area (Å²) in [6.45, 7) is 0. The van der Waals surface area contributed by atoms with E-state index in [9.17, 15) is 5.11 Å². The Morgan fingerprint density at radius 1 is 1.05 bits per heavy atom. The van der Waals surface area contributed by atoms with Gasteiger partial charge in [-0.1, -0.05) is 12.1 Å². The van der Waals surface area contributed by atoms with Gasteiger partial charge in [0.25, 0.3) is 0 Å². The standard InChI is InChI=1S/C17H12N2O2/c20-14-3-1-2-11(6-14)13-7-15-16(12-4-5-21-10-12)9-19-17(15)18-8-13/h1-10,20H,(H,18,19). The summed E-state index contributed by atoms with van der Waals surface area (Å²) in [5.74, 6) is 0.247. The maximum atomic E-state index is 9.61. The van der Waals surface area contributed by atoms with E-state index in [2.05, 4.69) is 16.0 Å². The van der Waals surface area contributed by atoms with Crippen molar-refractivity contribution in [2.24, 2.45) is 0 Å². The van der Waals surface area contributed by atoms with E-state index in [4.69, 9.17) is 4.42 Å². The molecular weight excluding hydrogens is 264 g/mol. The van der Waals surface area contributed by atoms with E-state index in [0.29, 0.717) is 0 Å². The highest BCUT2D eigenvalue weighted by Gasteiger charge is 2.10. The van der Waals surface area contributed by atoms with Gasteiger partial charge < -0.3 is 14.5 Å². The number of pyridine rings is 1. The van der Waals surface area contributed by atoms with Crippen molar-refractivity contribution in [3.63, 3.8) is 0 Å². The molecule has 4 aromatic rings. The predicted octanol–water partition coefficient (Wildman–Crippen LogP) is 4.20. The van der Waals surface area contributed by atoms with Crippen LogP contribution >= 0.6 is 0 Å². The highest BCUT2D eigenvalue weighted by molar-refractivity contribution is 5.95. The zero-order valence-corrected chi connectivity index (χ0v) is 11.1. The Hall–Kier alpha value is -3.01. The normalized spacial score (nSPS) is 11.0. The molecule has 0 spiro atoms. The van der Waals surface area contributed by atoms with Crippen LogP contribution in [0.25, 0.3) is 33.3 Å². The molecule has 0 saturated heterocycles. The largest absolute Gasteiger partial charge is 0.508 e. The molecule has 2 N–H and O–H groups in total. The molecule has 0 atom stereocenters. The third kappa shape index (κ3) is 1.97. The van der Waals surface area contributed by atoms with Crippen LogP contribution in [0.4, 0.5) is 0 Å². The fourth-order valence-corrected chi connectivity index (χ4v) is 2.50. The van der Waals surface area contributed by atoms with E-state index in [1.165, 1.54) is 0 Å². The monoisotopic (exact) mass is 276 g/mol. The first-order valence-corrected chi connectivity index (χ1v) is 6.60. The summed E-state index contributed by atoms with van der Waals surface area (Å²) in [5, 5.41) is 10.6. The number of nitrogens with one attached hydrogen (secondary N) is 1. The van der Waals surface area contributed by atoms with Crippen LogP contribution in [-0.4, -0.2) is 15.1 Å². The van der Waals surface area contributed by atoms with Crippen LogP contribution in [0.3, 0.4) is 0 Å². The van der Waals surface area contributed by atoms with Gasteiger partial charge >= 0.3 is 0 Å². The topological polar surface area (TPSA) is 62.1 Å². The molecule has 0 saturated carbocycles. The number of benzene rings is 1. The van der Waals surface area contributed by atoms with Crippen molar-refractivity contribution in [2.45, 2.75) is 0 Å². The van der Waals surface area contributed by atoms with Crippen LogP contribution in [0, 0.1) is 0 Å². The number of rotatable bonds is 2. The molecule has 0 amide bonds. The third-order valence-electron chi connectivity index (χ3n) is 3.54. The van der Waals surface area contributed by atoms with Gasteiger partial charge in [-0.2, -0.15) is 0 Å². The summed E-state index contributed by atoms with van der Waals surface area (Å²) < 4.78 is 5.15. The van der Waals surface area contributed by atoms with Crippen molar-refractivity contribution in [2.75, 3.05) is 0 Å². The molecule has 1 aromatic carbocycles. The van der Waals surface area contributed by atoms with E-state index >= 15 is 0 Å². The second-order valence-corrected chi connectivity index (χ2v) is 4.88. The van der Waals surface area contributed by atoms with Gasteiger partial charge in [-0.05, 0) is 29.8 Å². The minimum absolute atomic E-state index is 0.247. The van der Waals surface area contributed by atoms with E-state index in [1.807, 2.05) is 24.4 Å². The Morgan fingerprint density at radius 2 is 2.00 bits per heavy atom. The Morgan fingerprint density at radius 3 is 2.81 bits per heavy atom. The molecule has 0 radical (unpaired) electrons. The van der Waals surface area contributed by atoms with Crippen molar-refractivity contribution >= 4 is 11.0 Å². The molecule has 4 nitrogen and oxygen atoms in total. The van der Waals surface area contributed by atoms with E-state index < -0.39 is 0 Å². The number of H-pyrrole nitrogens is 1. The van der Waals surface area contributed by atoms with Gasteiger partial charge in [-0.25, -0.2) is 4.98 Å². The van der Waals surface area contributed by atoms with Crippen LogP contribution < -0.4 is 0 Å². The Balaban J connectivity index is 1.91. The number of phenolic OH excluding ortho intramolecular Hbond substituents is 1. The van der Waals surface area contributed by atoms with Gasteiger partial charge in [0.15, 0.2) is 0 Å². The number of furan rings is 1. The molecule has 0 aliphatic heterocycles. The molecule has 0 aliphatic carbocycles. The lowest BCUT2D eigenvalue weighted by molar-refractivity contribution is 0.475. The average Bonchev–Trinajstić information content (AvgIpc) is 3.15. The van der Waals surface area contributed by atoms with Crippen molar-refractivity contribution in [3.8, 4) is 28.0 Å². The minimum Gasteiger partial charge on any atom is -0.508 e. The van der Waals surface area contributed by atoms with E-state index in [1.54, 1.807) is 30.9 Å². The first kappa shape index (κ1) is 11.8. The lowest BCUT2D eigenvalue weighted by Crippen LogP contribution is -1.82. The summed E-state index contributed by atoms with van der Waals surface area (Å²) in [5.41, 5.74) is 4.78. The molecule has 4 rings (SSSR count). The van der Waals surface area contributed by atoms with Crippen molar-refractivity contribution < 1.29 is 9.52 Å². The molecule has 0 unspecified atom stereocenters. The first-order chi connectivity index (χ1) is 10.3. The van der Waals surface area contributed by atoms with Gasteiger partial charge in [0.1, 0.15) is 11.4 Å². The van der Waals surface area contributed by atoms with Crippen molar-refractivity contribution in [3.05, 3.63) is 61.3 Å². The van der Waals surface area contributed by atoms with Crippen LogP contribution in [0.15, 0.2) is 65.7 Å². The fourth-order valence-electron chi connectivity index (χ4n) is 2.50. The number of hydrogen-bond acceptors (Lipinski definition) is 3. The Bertz CT molecular complexity index is 908. The summed E-state index contributed by atoms with van der Waals surface area (Å²) >= 11 is 0. The predicted molar refractivity (Wildman–Crippen MR) is 80.9 cm³/mol. The van der Waals surface area contributed by atoms with Gasteiger partial charge in [0.2, 0.25) is 0 Å². The Labute approximate surface area is 120 Å². The van der Waals surface area contributed by atoms with Crippen molar-refractivity contribution in [1.82, 2.24) is 9.97 Å². The maximum absolute atomic E-state index is 9.61. The van der Waals surface area contributed by atoms with Crippen LogP contribution in [0.1, 0.15) is 0 Å². The molecular formula is C17H12N2O2. The summed E-state index contributed by atoms with van der Waals surface area (Å²) in [4.78, 5) is 7.61. The second kappa shape index (κ2) is 4.52. The van der Waals surface area contributed by atoms with E-state index in [0.717, 1.165) is 33.3 Å². The number of aromatic amines is 1. The second-order valence-electron chi connectivity index (χ2n) is 4.88. The Kier molecular flexibility index (Phi) is 2.54. The number of nitrogens with zero attached hydrogens (tertiary/aromatic N) is 1. The number of hydrogen-bond donors (Lipinski definition) is 2. The molecule has 3 aromatic heterocycles. The summed E-state index contributed by atoms with van der Waals surface area (Å²) in [7, 11) is 0. The maximum Gasteiger partial charge on any atom is 0.137 e. The van der Waals surface area contributed by atoms with Gasteiger partial charge in [0, 0.05) is 34.5 Å². The van der Waals surface area contributed by atoms with Gasteiger partial charge in [-0.15, -0.1) is 0 Å².